The van der Waals surface area contributed by atoms with E-state index in [2.05, 4.69) is 0 Å². The first kappa shape index (κ1) is 10.9. The molecular weight excluding hydrogens is 147 g/mol. The second-order valence-electron chi connectivity index (χ2n) is 2.24. The average Bonchev–Trinajstić information content (AvgIpc) is 1.85. The SMILES string of the molecule is BOC(C)OC(C)OC(C)O. The van der Waals surface area contributed by atoms with Crippen LogP contribution in [0.4, 0.5) is 0 Å². The molecule has 0 radical (unpaired) electrons. The van der Waals surface area contributed by atoms with Crippen molar-refractivity contribution in [1.82, 2.24) is 0 Å². The van der Waals surface area contributed by atoms with Gasteiger partial charge >= 0.3 is 0 Å². The Balaban J connectivity index is 3.43. The zero-order chi connectivity index (χ0) is 8.85. The fourth-order valence-electron chi connectivity index (χ4n) is 0.635. The third kappa shape index (κ3) is 6.31. The van der Waals surface area contributed by atoms with Gasteiger partial charge in [-0.1, -0.05) is 0 Å². The molecule has 0 aromatic heterocycles. The first-order chi connectivity index (χ1) is 5.06. The third-order valence-electron chi connectivity index (χ3n) is 1.10. The van der Waals surface area contributed by atoms with Crippen LogP contribution in [0.2, 0.25) is 0 Å². The van der Waals surface area contributed by atoms with Crippen molar-refractivity contribution in [2.24, 2.45) is 0 Å². The summed E-state index contributed by atoms with van der Waals surface area (Å²) in [6, 6.07) is 0. The van der Waals surface area contributed by atoms with Gasteiger partial charge in [0.1, 0.15) is 6.29 Å². The van der Waals surface area contributed by atoms with Gasteiger partial charge in [-0.3, -0.25) is 0 Å². The Morgan fingerprint density at radius 2 is 1.64 bits per heavy atom. The minimum atomic E-state index is -0.811. The van der Waals surface area contributed by atoms with Crippen molar-refractivity contribution >= 4 is 8.05 Å². The number of hydrogen-bond donors (Lipinski definition) is 1. The highest BCUT2D eigenvalue weighted by Crippen LogP contribution is 2.01. The molecule has 0 aromatic carbocycles. The van der Waals surface area contributed by atoms with Crippen molar-refractivity contribution in [3.63, 3.8) is 0 Å². The highest BCUT2D eigenvalue weighted by atomic mass is 16.8. The van der Waals surface area contributed by atoms with Crippen LogP contribution >= 0.6 is 0 Å². The maximum atomic E-state index is 8.77. The smallest absolute Gasteiger partial charge is 0.260 e. The summed E-state index contributed by atoms with van der Waals surface area (Å²) in [6.45, 7) is 4.97. The maximum absolute atomic E-state index is 8.77. The lowest BCUT2D eigenvalue weighted by molar-refractivity contribution is -0.253. The molecule has 0 saturated carbocycles. The molecule has 1 N–H and O–H groups in total. The van der Waals surface area contributed by atoms with E-state index >= 15 is 0 Å². The highest BCUT2D eigenvalue weighted by Gasteiger charge is 2.08. The Morgan fingerprint density at radius 1 is 1.09 bits per heavy atom. The number of rotatable bonds is 5. The van der Waals surface area contributed by atoms with Gasteiger partial charge in [-0.25, -0.2) is 0 Å². The van der Waals surface area contributed by atoms with Gasteiger partial charge in [0.15, 0.2) is 12.6 Å². The minimum Gasteiger partial charge on any atom is -0.421 e. The molecular formula is C6H15BO4. The average molecular weight is 162 g/mol. The molecule has 0 rings (SSSR count). The topological polar surface area (TPSA) is 47.9 Å². The fraction of sp³-hybridized carbons (Fsp3) is 1.00. The van der Waals surface area contributed by atoms with Crippen molar-refractivity contribution in [3.05, 3.63) is 0 Å². The van der Waals surface area contributed by atoms with E-state index < -0.39 is 12.6 Å². The van der Waals surface area contributed by atoms with Crippen LogP contribution in [0.25, 0.3) is 0 Å². The summed E-state index contributed by atoms with van der Waals surface area (Å²) in [5.41, 5.74) is 0. The Morgan fingerprint density at radius 3 is 2.00 bits per heavy atom. The third-order valence-corrected chi connectivity index (χ3v) is 1.10. The van der Waals surface area contributed by atoms with E-state index in [1.54, 1.807) is 21.9 Å². The van der Waals surface area contributed by atoms with Crippen molar-refractivity contribution in [3.8, 4) is 0 Å². The molecule has 0 amide bonds. The van der Waals surface area contributed by atoms with Crippen LogP contribution in [0.5, 0.6) is 0 Å². The summed E-state index contributed by atoms with van der Waals surface area (Å²) in [6.07, 6.45) is -1.58. The summed E-state index contributed by atoms with van der Waals surface area (Å²) in [5, 5.41) is 8.77. The Kier molecular flexibility index (Phi) is 5.49. The summed E-state index contributed by atoms with van der Waals surface area (Å²) in [4.78, 5) is 0. The molecule has 0 aromatic rings. The Bertz CT molecular complexity index is 98.6. The van der Waals surface area contributed by atoms with E-state index in [-0.39, 0.29) is 6.29 Å². The quantitative estimate of drug-likeness (QED) is 0.442. The number of hydrogen-bond acceptors (Lipinski definition) is 4. The molecule has 0 aliphatic carbocycles. The monoisotopic (exact) mass is 162 g/mol. The molecule has 0 fully saturated rings. The molecule has 3 unspecified atom stereocenters. The molecule has 5 heteroatoms. The van der Waals surface area contributed by atoms with Gasteiger partial charge in [0.2, 0.25) is 0 Å². The fourth-order valence-corrected chi connectivity index (χ4v) is 0.635. The zero-order valence-corrected chi connectivity index (χ0v) is 7.40. The first-order valence-corrected chi connectivity index (χ1v) is 3.58. The zero-order valence-electron chi connectivity index (χ0n) is 7.40. The lowest BCUT2D eigenvalue weighted by atomic mass is 10.5. The van der Waals surface area contributed by atoms with Crippen molar-refractivity contribution in [2.75, 3.05) is 0 Å². The highest BCUT2D eigenvalue weighted by molar-refractivity contribution is 5.98. The summed E-state index contributed by atoms with van der Waals surface area (Å²) >= 11 is 0. The molecule has 4 nitrogen and oxygen atoms in total. The lowest BCUT2D eigenvalue weighted by Gasteiger charge is -2.19. The van der Waals surface area contributed by atoms with E-state index in [0.717, 1.165) is 0 Å². The van der Waals surface area contributed by atoms with Gasteiger partial charge in [-0.15, -0.1) is 0 Å². The molecule has 3 atom stereocenters. The van der Waals surface area contributed by atoms with Gasteiger partial charge in [0.05, 0.1) is 0 Å². The van der Waals surface area contributed by atoms with Crippen LogP contribution in [0.3, 0.4) is 0 Å². The number of aliphatic hydroxyl groups excluding tert-OH is 1. The minimum absolute atomic E-state index is 0.316. The second-order valence-corrected chi connectivity index (χ2v) is 2.24. The van der Waals surface area contributed by atoms with Crippen molar-refractivity contribution < 1.29 is 19.2 Å². The molecule has 0 spiro atoms. The van der Waals surface area contributed by atoms with E-state index in [4.69, 9.17) is 19.2 Å². The number of aliphatic hydroxyl groups is 1. The summed E-state index contributed by atoms with van der Waals surface area (Å²) < 4.78 is 14.8. The van der Waals surface area contributed by atoms with Crippen LogP contribution < -0.4 is 0 Å². The van der Waals surface area contributed by atoms with Gasteiger partial charge in [-0.2, -0.15) is 0 Å². The number of ether oxygens (including phenoxy) is 2. The van der Waals surface area contributed by atoms with Gasteiger partial charge in [-0.05, 0) is 20.8 Å². The predicted molar refractivity (Wildman–Crippen MR) is 42.4 cm³/mol. The normalized spacial score (nSPS) is 19.3. The van der Waals surface area contributed by atoms with Crippen LogP contribution in [0.1, 0.15) is 20.8 Å². The molecule has 66 valence electrons. The standard InChI is InChI=1S/C6H15BO4/c1-4(8)9-5(2)10-6(3)11-7/h4-6,8H,7H2,1-3H3. The largest absolute Gasteiger partial charge is 0.421 e. The molecule has 11 heavy (non-hydrogen) atoms. The van der Waals surface area contributed by atoms with E-state index in [9.17, 15) is 0 Å². The van der Waals surface area contributed by atoms with Crippen LogP contribution in [-0.4, -0.2) is 32.0 Å². The van der Waals surface area contributed by atoms with Crippen LogP contribution in [0.15, 0.2) is 0 Å². The van der Waals surface area contributed by atoms with Gasteiger partial charge < -0.3 is 19.2 Å². The molecule has 0 aliphatic heterocycles. The van der Waals surface area contributed by atoms with E-state index in [0.29, 0.717) is 0 Å². The van der Waals surface area contributed by atoms with Gasteiger partial charge in [0, 0.05) is 0 Å². The maximum Gasteiger partial charge on any atom is 0.260 e. The van der Waals surface area contributed by atoms with Gasteiger partial charge in [0.25, 0.3) is 8.05 Å². The molecule has 0 aliphatic rings. The molecule has 0 bridgehead atoms. The first-order valence-electron chi connectivity index (χ1n) is 3.58. The lowest BCUT2D eigenvalue weighted by Crippen LogP contribution is -2.24. The van der Waals surface area contributed by atoms with Crippen LogP contribution in [0, 0.1) is 0 Å². The van der Waals surface area contributed by atoms with E-state index in [1.807, 2.05) is 0 Å². The van der Waals surface area contributed by atoms with Crippen molar-refractivity contribution in [2.45, 2.75) is 39.6 Å². The summed E-state index contributed by atoms with van der Waals surface area (Å²) in [7, 11) is 1.54. The predicted octanol–water partition coefficient (Wildman–Crippen LogP) is -0.385. The molecule has 0 heterocycles. The van der Waals surface area contributed by atoms with E-state index in [1.165, 1.54) is 6.92 Å². The van der Waals surface area contributed by atoms with Crippen LogP contribution in [-0.2, 0) is 14.1 Å². The Hall–Kier alpha value is -0.0951. The van der Waals surface area contributed by atoms with Crippen molar-refractivity contribution in [1.29, 1.82) is 0 Å². The summed E-state index contributed by atoms with van der Waals surface area (Å²) in [5.74, 6) is 0. The second kappa shape index (κ2) is 5.54. The Labute approximate surface area is 67.9 Å². The molecule has 0 saturated heterocycles.